The lowest BCUT2D eigenvalue weighted by atomic mass is 9.93. The Balaban J connectivity index is 1.49. The molecule has 2 aliphatic heterocycles. The SMILES string of the molecule is Cc1csc(NC(=O)CN2CCC3NCCC3C2)n1. The van der Waals surface area contributed by atoms with Gasteiger partial charge in [0, 0.05) is 24.5 Å². The van der Waals surface area contributed by atoms with Crippen LogP contribution in [-0.4, -0.2) is 48.0 Å². The molecule has 1 aromatic rings. The Hall–Kier alpha value is -0.980. The van der Waals surface area contributed by atoms with Gasteiger partial charge in [-0.3, -0.25) is 9.69 Å². The van der Waals surface area contributed by atoms with Crippen molar-refractivity contribution >= 4 is 22.4 Å². The first kappa shape index (κ1) is 13.0. The molecule has 0 saturated carbocycles. The molecule has 19 heavy (non-hydrogen) atoms. The molecular formula is C13H20N4OS. The monoisotopic (exact) mass is 280 g/mol. The van der Waals surface area contributed by atoms with Crippen LogP contribution in [0.1, 0.15) is 18.5 Å². The highest BCUT2D eigenvalue weighted by Gasteiger charge is 2.32. The zero-order valence-corrected chi connectivity index (χ0v) is 12.0. The quantitative estimate of drug-likeness (QED) is 0.870. The van der Waals surface area contributed by atoms with E-state index in [4.69, 9.17) is 0 Å². The molecule has 0 aromatic carbocycles. The van der Waals surface area contributed by atoms with Gasteiger partial charge in [0.2, 0.25) is 5.91 Å². The maximum Gasteiger partial charge on any atom is 0.240 e. The summed E-state index contributed by atoms with van der Waals surface area (Å²) in [6.07, 6.45) is 2.41. The summed E-state index contributed by atoms with van der Waals surface area (Å²) in [4.78, 5) is 18.5. The van der Waals surface area contributed by atoms with E-state index >= 15 is 0 Å². The average molecular weight is 280 g/mol. The number of nitrogens with one attached hydrogen (secondary N) is 2. The van der Waals surface area contributed by atoms with E-state index in [1.54, 1.807) is 0 Å². The number of piperidine rings is 1. The molecule has 2 fully saturated rings. The molecule has 104 valence electrons. The molecule has 0 spiro atoms. The van der Waals surface area contributed by atoms with Gasteiger partial charge >= 0.3 is 0 Å². The van der Waals surface area contributed by atoms with Crippen LogP contribution in [0.15, 0.2) is 5.38 Å². The van der Waals surface area contributed by atoms with E-state index in [9.17, 15) is 4.79 Å². The van der Waals surface area contributed by atoms with Crippen LogP contribution in [0, 0.1) is 12.8 Å². The number of likely N-dealkylation sites (tertiary alicyclic amines) is 1. The van der Waals surface area contributed by atoms with E-state index < -0.39 is 0 Å². The zero-order valence-electron chi connectivity index (χ0n) is 11.2. The van der Waals surface area contributed by atoms with Crippen molar-refractivity contribution < 1.29 is 4.79 Å². The summed E-state index contributed by atoms with van der Waals surface area (Å²) in [7, 11) is 0. The molecule has 2 unspecified atom stereocenters. The molecule has 0 radical (unpaired) electrons. The zero-order chi connectivity index (χ0) is 13.2. The minimum Gasteiger partial charge on any atom is -0.314 e. The minimum absolute atomic E-state index is 0.0544. The second-order valence-electron chi connectivity index (χ2n) is 5.48. The molecule has 2 N–H and O–H groups in total. The number of hydrogen-bond acceptors (Lipinski definition) is 5. The predicted octanol–water partition coefficient (Wildman–Crippen LogP) is 1.07. The van der Waals surface area contributed by atoms with Crippen LogP contribution < -0.4 is 10.6 Å². The Morgan fingerprint density at radius 1 is 1.63 bits per heavy atom. The number of hydrogen-bond donors (Lipinski definition) is 2. The van der Waals surface area contributed by atoms with Crippen LogP contribution in [0.3, 0.4) is 0 Å². The lowest BCUT2D eigenvalue weighted by Crippen LogP contribution is -2.46. The van der Waals surface area contributed by atoms with Gasteiger partial charge < -0.3 is 10.6 Å². The highest BCUT2D eigenvalue weighted by Crippen LogP contribution is 2.24. The van der Waals surface area contributed by atoms with Gasteiger partial charge in [-0.1, -0.05) is 0 Å². The number of rotatable bonds is 3. The summed E-state index contributed by atoms with van der Waals surface area (Å²) in [5.41, 5.74) is 0.957. The molecule has 0 aliphatic carbocycles. The third-order valence-corrected chi connectivity index (χ3v) is 4.85. The molecule has 6 heteroatoms. The molecule has 1 aromatic heterocycles. The van der Waals surface area contributed by atoms with Crippen LogP contribution in [0.4, 0.5) is 5.13 Å². The predicted molar refractivity (Wildman–Crippen MR) is 76.4 cm³/mol. The van der Waals surface area contributed by atoms with Crippen molar-refractivity contribution in [2.45, 2.75) is 25.8 Å². The Labute approximate surface area is 117 Å². The first-order valence-corrected chi connectivity index (χ1v) is 7.76. The van der Waals surface area contributed by atoms with Crippen molar-refractivity contribution in [2.24, 2.45) is 5.92 Å². The van der Waals surface area contributed by atoms with E-state index in [2.05, 4.69) is 20.5 Å². The van der Waals surface area contributed by atoms with Crippen LogP contribution >= 0.6 is 11.3 Å². The standard InChI is InChI=1S/C13H20N4OS/c1-9-8-19-13(15-9)16-12(18)7-17-5-3-11-10(6-17)2-4-14-11/h8,10-11,14H,2-7H2,1H3,(H,15,16,18). The summed E-state index contributed by atoms with van der Waals surface area (Å²) in [5, 5.41) is 9.08. The fourth-order valence-corrected chi connectivity index (χ4v) is 3.74. The van der Waals surface area contributed by atoms with Crippen molar-refractivity contribution in [3.8, 4) is 0 Å². The Bertz CT molecular complexity index is 461. The third kappa shape index (κ3) is 3.13. The molecule has 5 nitrogen and oxygen atoms in total. The number of amides is 1. The van der Waals surface area contributed by atoms with E-state index in [1.165, 1.54) is 17.8 Å². The fourth-order valence-electron chi connectivity index (χ4n) is 3.04. The lowest BCUT2D eigenvalue weighted by molar-refractivity contribution is -0.117. The smallest absolute Gasteiger partial charge is 0.240 e. The normalized spacial score (nSPS) is 27.2. The topological polar surface area (TPSA) is 57.3 Å². The summed E-state index contributed by atoms with van der Waals surface area (Å²) in [6.45, 7) is 5.61. The van der Waals surface area contributed by atoms with Crippen LogP contribution in [0.5, 0.6) is 0 Å². The molecule has 2 atom stereocenters. The second kappa shape index (κ2) is 5.56. The van der Waals surface area contributed by atoms with Gasteiger partial charge in [-0.05, 0) is 32.2 Å². The molecule has 2 aliphatic rings. The molecule has 2 saturated heterocycles. The summed E-state index contributed by atoms with van der Waals surface area (Å²) in [6, 6.07) is 0.681. The van der Waals surface area contributed by atoms with Gasteiger partial charge in [0.1, 0.15) is 0 Å². The van der Waals surface area contributed by atoms with Crippen LogP contribution in [0.25, 0.3) is 0 Å². The first-order chi connectivity index (χ1) is 9.20. The minimum atomic E-state index is 0.0544. The molecule has 1 amide bonds. The largest absolute Gasteiger partial charge is 0.314 e. The number of carbonyl (C=O) groups excluding carboxylic acids is 1. The number of aryl methyl sites for hydroxylation is 1. The Morgan fingerprint density at radius 3 is 3.32 bits per heavy atom. The van der Waals surface area contributed by atoms with Gasteiger partial charge in [-0.25, -0.2) is 4.98 Å². The van der Waals surface area contributed by atoms with Gasteiger partial charge in [-0.2, -0.15) is 0 Å². The van der Waals surface area contributed by atoms with Crippen molar-refractivity contribution in [1.82, 2.24) is 15.2 Å². The molecular weight excluding hydrogens is 260 g/mol. The van der Waals surface area contributed by atoms with Crippen LogP contribution in [0.2, 0.25) is 0 Å². The molecule has 3 heterocycles. The van der Waals surface area contributed by atoms with Crippen molar-refractivity contribution in [1.29, 1.82) is 0 Å². The van der Waals surface area contributed by atoms with E-state index in [-0.39, 0.29) is 5.91 Å². The molecule has 3 rings (SSSR count). The average Bonchev–Trinajstić information content (AvgIpc) is 2.97. The molecule has 0 bridgehead atoms. The lowest BCUT2D eigenvalue weighted by Gasteiger charge is -2.34. The number of carbonyl (C=O) groups is 1. The summed E-state index contributed by atoms with van der Waals surface area (Å²) in [5.74, 6) is 0.780. The van der Waals surface area contributed by atoms with E-state index in [1.807, 2.05) is 12.3 Å². The fraction of sp³-hybridized carbons (Fsp3) is 0.692. The third-order valence-electron chi connectivity index (χ3n) is 3.97. The maximum absolute atomic E-state index is 12.0. The number of thiazole rings is 1. The van der Waals surface area contributed by atoms with Gasteiger partial charge in [-0.15, -0.1) is 11.3 Å². The number of aromatic nitrogens is 1. The Kier molecular flexibility index (Phi) is 3.81. The van der Waals surface area contributed by atoms with Crippen molar-refractivity contribution in [3.63, 3.8) is 0 Å². The van der Waals surface area contributed by atoms with E-state index in [0.29, 0.717) is 17.7 Å². The highest BCUT2D eigenvalue weighted by atomic mass is 32.1. The summed E-state index contributed by atoms with van der Waals surface area (Å²) >= 11 is 1.48. The number of fused-ring (bicyclic) bond motifs is 1. The maximum atomic E-state index is 12.0. The van der Waals surface area contributed by atoms with Gasteiger partial charge in [0.15, 0.2) is 5.13 Å². The van der Waals surface area contributed by atoms with E-state index in [0.717, 1.165) is 37.7 Å². The highest BCUT2D eigenvalue weighted by molar-refractivity contribution is 7.13. The second-order valence-corrected chi connectivity index (χ2v) is 6.33. The van der Waals surface area contributed by atoms with Crippen LogP contribution in [-0.2, 0) is 4.79 Å². The first-order valence-electron chi connectivity index (χ1n) is 6.88. The number of anilines is 1. The van der Waals surface area contributed by atoms with Crippen molar-refractivity contribution in [2.75, 3.05) is 31.5 Å². The van der Waals surface area contributed by atoms with Gasteiger partial charge in [0.25, 0.3) is 0 Å². The van der Waals surface area contributed by atoms with Gasteiger partial charge in [0.05, 0.1) is 12.2 Å². The number of nitrogens with zero attached hydrogens (tertiary/aromatic N) is 2. The Morgan fingerprint density at radius 2 is 2.53 bits per heavy atom. The van der Waals surface area contributed by atoms with Crippen molar-refractivity contribution in [3.05, 3.63) is 11.1 Å². The summed E-state index contributed by atoms with van der Waals surface area (Å²) < 4.78 is 0.